The normalized spacial score (nSPS) is 15.3. The van der Waals surface area contributed by atoms with Crippen LogP contribution < -0.4 is 10.6 Å². The van der Waals surface area contributed by atoms with Crippen molar-refractivity contribution in [2.75, 3.05) is 23.5 Å². The van der Waals surface area contributed by atoms with Gasteiger partial charge in [0, 0.05) is 29.0 Å². The van der Waals surface area contributed by atoms with Gasteiger partial charge in [-0.05, 0) is 48.0 Å². The summed E-state index contributed by atoms with van der Waals surface area (Å²) >= 11 is 5.86. The molecule has 1 atom stereocenters. The number of anilines is 2. The second-order valence-electron chi connectivity index (χ2n) is 8.28. The number of sulfone groups is 1. The topological polar surface area (TPSA) is 128 Å². The van der Waals surface area contributed by atoms with E-state index in [4.69, 9.17) is 11.6 Å². The molecule has 0 spiro atoms. The highest BCUT2D eigenvalue weighted by molar-refractivity contribution is 7.90. The van der Waals surface area contributed by atoms with E-state index in [0.29, 0.717) is 21.8 Å². The standard InChI is InChI=1S/C25H22ClFN4O5S/c1-37(35,36)23-5-3-2-4-19(23)15-6-11-21(20(27)12-15)29-24(33)22-13-18(14-32)30-31(22)25(34)28-17-9-7-16(26)8-10-17/h2-12,22,32H,13-14H2,1H3,(H,28,34)(H,29,33). The summed E-state index contributed by atoms with van der Waals surface area (Å²) in [7, 11) is -3.56. The molecule has 1 aliphatic rings. The van der Waals surface area contributed by atoms with E-state index in [9.17, 15) is 27.5 Å². The average Bonchev–Trinajstić information content (AvgIpc) is 3.31. The van der Waals surface area contributed by atoms with Crippen LogP contribution in [0, 0.1) is 5.82 Å². The zero-order valence-electron chi connectivity index (χ0n) is 19.5. The highest BCUT2D eigenvalue weighted by Crippen LogP contribution is 2.30. The quantitative estimate of drug-likeness (QED) is 0.429. The van der Waals surface area contributed by atoms with Gasteiger partial charge in [0.05, 0.1) is 22.9 Å². The molecule has 0 bridgehead atoms. The summed E-state index contributed by atoms with van der Waals surface area (Å²) in [6, 6.07) is 14.6. The number of carbonyl (C=O) groups excluding carboxylic acids is 2. The number of halogens is 2. The van der Waals surface area contributed by atoms with Crippen molar-refractivity contribution in [2.24, 2.45) is 5.10 Å². The summed E-state index contributed by atoms with van der Waals surface area (Å²) in [4.78, 5) is 25.9. The lowest BCUT2D eigenvalue weighted by Gasteiger charge is -2.21. The molecule has 0 saturated heterocycles. The van der Waals surface area contributed by atoms with Crippen LogP contribution in [0.2, 0.25) is 5.02 Å². The molecule has 3 N–H and O–H groups in total. The van der Waals surface area contributed by atoms with Gasteiger partial charge in [-0.1, -0.05) is 35.9 Å². The first-order valence-corrected chi connectivity index (χ1v) is 13.3. The van der Waals surface area contributed by atoms with Gasteiger partial charge in [-0.25, -0.2) is 22.6 Å². The van der Waals surface area contributed by atoms with Crippen LogP contribution in [0.25, 0.3) is 11.1 Å². The minimum Gasteiger partial charge on any atom is -0.390 e. The van der Waals surface area contributed by atoms with Crippen molar-refractivity contribution in [3.8, 4) is 11.1 Å². The summed E-state index contributed by atoms with van der Waals surface area (Å²) in [5, 5.41) is 19.9. The summed E-state index contributed by atoms with van der Waals surface area (Å²) in [5.74, 6) is -1.52. The summed E-state index contributed by atoms with van der Waals surface area (Å²) in [6.07, 6.45) is 1.02. The van der Waals surface area contributed by atoms with E-state index in [-0.39, 0.29) is 22.7 Å². The van der Waals surface area contributed by atoms with Crippen molar-refractivity contribution in [1.82, 2.24) is 5.01 Å². The third-order valence-electron chi connectivity index (χ3n) is 5.59. The SMILES string of the molecule is CS(=O)(=O)c1ccccc1-c1ccc(NC(=O)C2CC(CO)=NN2C(=O)Nc2ccc(Cl)cc2)c(F)c1. The van der Waals surface area contributed by atoms with Crippen LogP contribution in [0.1, 0.15) is 6.42 Å². The number of hydrazone groups is 1. The van der Waals surface area contributed by atoms with Crippen LogP contribution in [0.4, 0.5) is 20.6 Å². The van der Waals surface area contributed by atoms with Crippen molar-refractivity contribution in [3.63, 3.8) is 0 Å². The zero-order chi connectivity index (χ0) is 26.7. The highest BCUT2D eigenvalue weighted by atomic mass is 35.5. The summed E-state index contributed by atoms with van der Waals surface area (Å²) in [6.45, 7) is -0.461. The second-order valence-corrected chi connectivity index (χ2v) is 10.7. The number of rotatable bonds is 6. The second kappa shape index (κ2) is 10.7. The first kappa shape index (κ1) is 26.3. The summed E-state index contributed by atoms with van der Waals surface area (Å²) < 4.78 is 39.2. The molecule has 0 radical (unpaired) electrons. The maximum atomic E-state index is 15.0. The van der Waals surface area contributed by atoms with E-state index >= 15 is 0 Å². The van der Waals surface area contributed by atoms with Crippen LogP contribution >= 0.6 is 11.6 Å². The molecule has 1 aliphatic heterocycles. The molecule has 3 aromatic rings. The number of carbonyl (C=O) groups is 2. The Morgan fingerprint density at radius 2 is 1.81 bits per heavy atom. The molecule has 0 aliphatic carbocycles. The lowest BCUT2D eigenvalue weighted by atomic mass is 10.0. The number of aliphatic hydroxyl groups excluding tert-OH is 1. The molecule has 4 rings (SSSR count). The Bertz CT molecular complexity index is 1500. The molecule has 1 unspecified atom stereocenters. The number of nitrogens with zero attached hydrogens (tertiary/aromatic N) is 2. The third kappa shape index (κ3) is 5.96. The smallest absolute Gasteiger partial charge is 0.343 e. The first-order valence-electron chi connectivity index (χ1n) is 11.0. The molecule has 0 saturated carbocycles. The number of urea groups is 1. The molecule has 0 aromatic heterocycles. The zero-order valence-corrected chi connectivity index (χ0v) is 21.1. The fourth-order valence-corrected chi connectivity index (χ4v) is 4.84. The fourth-order valence-electron chi connectivity index (χ4n) is 3.80. The van der Waals surface area contributed by atoms with Gasteiger partial charge in [-0.3, -0.25) is 4.79 Å². The molecular formula is C25H22ClFN4O5S. The van der Waals surface area contributed by atoms with Crippen molar-refractivity contribution >= 4 is 50.5 Å². The maximum Gasteiger partial charge on any atom is 0.343 e. The van der Waals surface area contributed by atoms with Crippen LogP contribution in [0.15, 0.2) is 76.7 Å². The van der Waals surface area contributed by atoms with Gasteiger partial charge in [-0.15, -0.1) is 0 Å². The van der Waals surface area contributed by atoms with Gasteiger partial charge in [0.2, 0.25) is 5.91 Å². The predicted molar refractivity (Wildman–Crippen MR) is 139 cm³/mol. The summed E-state index contributed by atoms with van der Waals surface area (Å²) in [5.41, 5.74) is 1.09. The molecule has 3 amide bonds. The molecule has 3 aromatic carbocycles. The van der Waals surface area contributed by atoms with Crippen molar-refractivity contribution in [1.29, 1.82) is 0 Å². The Morgan fingerprint density at radius 1 is 1.11 bits per heavy atom. The minimum absolute atomic E-state index is 0.0438. The largest absolute Gasteiger partial charge is 0.390 e. The molecular weight excluding hydrogens is 523 g/mol. The van der Waals surface area contributed by atoms with Gasteiger partial charge in [-0.2, -0.15) is 5.10 Å². The maximum absolute atomic E-state index is 15.0. The first-order chi connectivity index (χ1) is 17.6. The van der Waals surface area contributed by atoms with E-state index in [1.165, 1.54) is 18.2 Å². The Labute approximate surface area is 217 Å². The Morgan fingerprint density at radius 3 is 2.46 bits per heavy atom. The van der Waals surface area contributed by atoms with Crippen molar-refractivity contribution in [2.45, 2.75) is 17.4 Å². The highest BCUT2D eigenvalue weighted by Gasteiger charge is 2.37. The van der Waals surface area contributed by atoms with Gasteiger partial charge in [0.1, 0.15) is 11.9 Å². The van der Waals surface area contributed by atoms with Gasteiger partial charge in [0.25, 0.3) is 0 Å². The van der Waals surface area contributed by atoms with E-state index < -0.39 is 40.2 Å². The third-order valence-corrected chi connectivity index (χ3v) is 6.99. The number of aliphatic hydroxyl groups is 1. The van der Waals surface area contributed by atoms with Gasteiger partial charge in [0.15, 0.2) is 9.84 Å². The molecule has 9 nitrogen and oxygen atoms in total. The van der Waals surface area contributed by atoms with Crippen molar-refractivity contribution < 1.29 is 27.5 Å². The minimum atomic E-state index is -3.56. The Kier molecular flexibility index (Phi) is 7.58. The van der Waals surface area contributed by atoms with E-state index in [0.717, 1.165) is 17.3 Å². The number of amides is 3. The van der Waals surface area contributed by atoms with Crippen molar-refractivity contribution in [3.05, 3.63) is 77.6 Å². The lowest BCUT2D eigenvalue weighted by Crippen LogP contribution is -2.43. The monoisotopic (exact) mass is 544 g/mol. The molecule has 1 heterocycles. The van der Waals surface area contributed by atoms with Crippen LogP contribution in [0.5, 0.6) is 0 Å². The van der Waals surface area contributed by atoms with E-state index in [1.54, 1.807) is 42.5 Å². The lowest BCUT2D eigenvalue weighted by molar-refractivity contribution is -0.119. The average molecular weight is 545 g/mol. The van der Waals surface area contributed by atoms with E-state index in [1.807, 2.05) is 0 Å². The molecule has 37 heavy (non-hydrogen) atoms. The van der Waals surface area contributed by atoms with E-state index in [2.05, 4.69) is 15.7 Å². The van der Waals surface area contributed by atoms with Crippen LogP contribution in [0.3, 0.4) is 0 Å². The predicted octanol–water partition coefficient (Wildman–Crippen LogP) is 4.14. The van der Waals surface area contributed by atoms with Crippen LogP contribution in [-0.2, 0) is 14.6 Å². The van der Waals surface area contributed by atoms with Gasteiger partial charge < -0.3 is 15.7 Å². The number of benzene rings is 3. The fraction of sp³-hybridized carbons (Fsp3) is 0.160. The number of hydrogen-bond acceptors (Lipinski definition) is 6. The van der Waals surface area contributed by atoms with Gasteiger partial charge >= 0.3 is 6.03 Å². The molecule has 0 fully saturated rings. The molecule has 12 heteroatoms. The van der Waals surface area contributed by atoms with Crippen LogP contribution in [-0.4, -0.2) is 55.1 Å². The number of nitrogens with one attached hydrogen (secondary N) is 2. The Balaban J connectivity index is 1.53. The number of hydrogen-bond donors (Lipinski definition) is 3. The molecule has 192 valence electrons. The Hall–Kier alpha value is -3.80.